The molecular formula is C23H28O3. The Kier molecular flexibility index (Phi) is 7.02. The molecule has 0 amide bonds. The van der Waals surface area contributed by atoms with Crippen molar-refractivity contribution >= 4 is 5.97 Å². The minimum Gasteiger partial charge on any atom is -0.490 e. The molecule has 1 aliphatic rings. The molecule has 0 bridgehead atoms. The summed E-state index contributed by atoms with van der Waals surface area (Å²) >= 11 is 0. The summed E-state index contributed by atoms with van der Waals surface area (Å²) in [5.41, 5.74) is 3.43. The molecule has 1 aliphatic carbocycles. The van der Waals surface area contributed by atoms with E-state index in [1.54, 1.807) is 12.1 Å². The van der Waals surface area contributed by atoms with Crippen LogP contribution in [0.15, 0.2) is 73.1 Å². The number of carbonyl (C=O) groups excluding carboxylic acids is 1. The molecule has 3 heteroatoms. The molecule has 138 valence electrons. The molecule has 0 atom stereocenters. The number of aryl methyl sites for hydroxylation is 1. The topological polar surface area (TPSA) is 35.5 Å². The van der Waals surface area contributed by atoms with Crippen LogP contribution in [0, 0.1) is 6.92 Å². The van der Waals surface area contributed by atoms with E-state index in [0.29, 0.717) is 11.3 Å². The van der Waals surface area contributed by atoms with Crippen molar-refractivity contribution in [1.29, 1.82) is 0 Å². The quantitative estimate of drug-likeness (QED) is 0.360. The van der Waals surface area contributed by atoms with Gasteiger partial charge in [0.25, 0.3) is 0 Å². The number of ether oxygens (including phenoxy) is 2. The predicted octanol–water partition coefficient (Wildman–Crippen LogP) is 5.68. The average Bonchev–Trinajstić information content (AvgIpc) is 2.61. The van der Waals surface area contributed by atoms with Crippen LogP contribution in [-0.4, -0.2) is 18.2 Å². The molecule has 0 unspecified atom stereocenters. The van der Waals surface area contributed by atoms with Gasteiger partial charge in [-0.05, 0) is 51.7 Å². The van der Waals surface area contributed by atoms with Gasteiger partial charge in [0.05, 0.1) is 11.7 Å². The number of hydrogen-bond donors (Lipinski definition) is 0. The first-order valence-corrected chi connectivity index (χ1v) is 9.01. The fraction of sp³-hybridized carbons (Fsp3) is 0.348. The average molecular weight is 352 g/mol. The Labute approximate surface area is 156 Å². The number of rotatable bonds is 7. The molecule has 1 aromatic carbocycles. The Morgan fingerprint density at radius 2 is 1.50 bits per heavy atom. The molecule has 0 spiro atoms. The smallest absolute Gasteiger partial charge is 0.338 e. The Bertz CT molecular complexity index is 701. The van der Waals surface area contributed by atoms with Crippen molar-refractivity contribution in [3.05, 3.63) is 84.2 Å². The molecule has 26 heavy (non-hydrogen) atoms. The lowest BCUT2D eigenvalue weighted by molar-refractivity contribution is -0.00111. The molecule has 0 aromatic heterocycles. The highest BCUT2D eigenvalue weighted by Gasteiger charge is 2.25. The molecule has 0 heterocycles. The van der Waals surface area contributed by atoms with Crippen LogP contribution >= 0.6 is 0 Å². The van der Waals surface area contributed by atoms with Crippen molar-refractivity contribution in [3.8, 4) is 0 Å². The summed E-state index contributed by atoms with van der Waals surface area (Å²) in [6.07, 6.45) is 7.05. The first kappa shape index (κ1) is 19.8. The number of carbonyl (C=O) groups is 1. The Morgan fingerprint density at radius 3 is 2.04 bits per heavy atom. The molecule has 0 saturated heterocycles. The molecule has 3 nitrogen and oxygen atoms in total. The van der Waals surface area contributed by atoms with Crippen molar-refractivity contribution in [2.24, 2.45) is 0 Å². The van der Waals surface area contributed by atoms with Crippen LogP contribution in [-0.2, 0) is 9.47 Å². The van der Waals surface area contributed by atoms with E-state index >= 15 is 0 Å². The zero-order valence-electron chi connectivity index (χ0n) is 15.8. The van der Waals surface area contributed by atoms with Gasteiger partial charge in [0.2, 0.25) is 0 Å². The van der Waals surface area contributed by atoms with Crippen molar-refractivity contribution in [2.75, 3.05) is 0 Å². The van der Waals surface area contributed by atoms with Gasteiger partial charge in [0.15, 0.2) is 0 Å². The number of allylic oxidation sites excluding steroid dienone is 3. The normalized spacial score (nSPS) is 19.8. The summed E-state index contributed by atoms with van der Waals surface area (Å²) < 4.78 is 11.5. The summed E-state index contributed by atoms with van der Waals surface area (Å²) in [7, 11) is 0. The predicted molar refractivity (Wildman–Crippen MR) is 106 cm³/mol. The molecule has 2 rings (SSSR count). The van der Waals surface area contributed by atoms with E-state index < -0.39 is 0 Å². The first-order valence-electron chi connectivity index (χ1n) is 9.01. The maximum absolute atomic E-state index is 12.2. The number of esters is 1. The van der Waals surface area contributed by atoms with Gasteiger partial charge in [-0.2, -0.15) is 0 Å². The lowest BCUT2D eigenvalue weighted by atomic mass is 9.94. The Balaban J connectivity index is 1.77. The van der Waals surface area contributed by atoms with Gasteiger partial charge in [-0.3, -0.25) is 0 Å². The van der Waals surface area contributed by atoms with Crippen LogP contribution in [0.2, 0.25) is 0 Å². The summed E-state index contributed by atoms with van der Waals surface area (Å²) in [4.78, 5) is 12.2. The van der Waals surface area contributed by atoms with Crippen LogP contribution in [0.3, 0.4) is 0 Å². The monoisotopic (exact) mass is 352 g/mol. The Hall–Kier alpha value is -2.55. The molecule has 1 saturated carbocycles. The lowest BCUT2D eigenvalue weighted by Crippen LogP contribution is -2.28. The third kappa shape index (κ3) is 6.07. The van der Waals surface area contributed by atoms with E-state index in [0.717, 1.165) is 42.4 Å². The van der Waals surface area contributed by atoms with E-state index in [2.05, 4.69) is 19.7 Å². The summed E-state index contributed by atoms with van der Waals surface area (Å²) in [5.74, 6) is 0.333. The third-order valence-corrected chi connectivity index (χ3v) is 4.42. The van der Waals surface area contributed by atoms with Gasteiger partial charge in [-0.1, -0.05) is 55.2 Å². The highest BCUT2D eigenvalue weighted by molar-refractivity contribution is 5.89. The van der Waals surface area contributed by atoms with Gasteiger partial charge in [-0.15, -0.1) is 0 Å². The van der Waals surface area contributed by atoms with E-state index in [1.807, 2.05) is 38.1 Å². The second-order valence-electron chi connectivity index (χ2n) is 6.92. The van der Waals surface area contributed by atoms with Crippen molar-refractivity contribution < 1.29 is 14.3 Å². The fourth-order valence-electron chi connectivity index (χ4n) is 2.79. The third-order valence-electron chi connectivity index (χ3n) is 4.42. The first-order chi connectivity index (χ1) is 12.3. The van der Waals surface area contributed by atoms with Crippen LogP contribution in [0.25, 0.3) is 0 Å². The molecule has 1 aromatic rings. The van der Waals surface area contributed by atoms with Crippen LogP contribution < -0.4 is 0 Å². The van der Waals surface area contributed by atoms with E-state index in [-0.39, 0.29) is 18.2 Å². The minimum absolute atomic E-state index is 0.0524. The number of hydrogen-bond acceptors (Lipinski definition) is 3. The van der Waals surface area contributed by atoms with Crippen molar-refractivity contribution in [2.45, 2.75) is 51.7 Å². The number of benzene rings is 1. The van der Waals surface area contributed by atoms with Gasteiger partial charge in [0, 0.05) is 5.57 Å². The van der Waals surface area contributed by atoms with Crippen molar-refractivity contribution in [3.63, 3.8) is 0 Å². The molecule has 0 N–H and O–H groups in total. The van der Waals surface area contributed by atoms with Gasteiger partial charge >= 0.3 is 5.97 Å². The van der Waals surface area contributed by atoms with Gasteiger partial charge in [-0.25, -0.2) is 4.79 Å². The highest BCUT2D eigenvalue weighted by atomic mass is 16.5. The molecular weight excluding hydrogens is 324 g/mol. The van der Waals surface area contributed by atoms with E-state index in [4.69, 9.17) is 9.47 Å². The minimum atomic E-state index is -0.253. The Morgan fingerprint density at radius 1 is 0.962 bits per heavy atom. The van der Waals surface area contributed by atoms with Crippen molar-refractivity contribution in [1.82, 2.24) is 0 Å². The van der Waals surface area contributed by atoms with Crippen LogP contribution in [0.4, 0.5) is 0 Å². The molecule has 1 fully saturated rings. The summed E-state index contributed by atoms with van der Waals surface area (Å²) in [5, 5.41) is 0. The second-order valence-corrected chi connectivity index (χ2v) is 6.92. The maximum Gasteiger partial charge on any atom is 0.338 e. The van der Waals surface area contributed by atoms with E-state index in [9.17, 15) is 4.79 Å². The molecule has 0 aliphatic heterocycles. The SMILES string of the molecule is C=C(C)/C=C\C(=C)C(=C)O[C@H]1CC[C@H](OC(=O)c2ccc(C)cc2)CC1. The van der Waals surface area contributed by atoms with Gasteiger partial charge < -0.3 is 9.47 Å². The standard InChI is InChI=1S/C23H28O3/c1-16(2)6-9-18(4)19(5)25-21-12-14-22(15-13-21)26-23(24)20-10-7-17(3)8-11-20/h6-11,21-22H,1,4-5,12-15H2,2-3H3/b9-6-/t21-,22-. The zero-order chi connectivity index (χ0) is 19.1. The summed E-state index contributed by atoms with van der Waals surface area (Å²) in [6, 6.07) is 7.45. The largest absolute Gasteiger partial charge is 0.490 e. The van der Waals surface area contributed by atoms with Gasteiger partial charge in [0.1, 0.15) is 11.9 Å². The fourth-order valence-corrected chi connectivity index (χ4v) is 2.79. The van der Waals surface area contributed by atoms with Crippen LogP contribution in [0.5, 0.6) is 0 Å². The zero-order valence-corrected chi connectivity index (χ0v) is 15.8. The highest BCUT2D eigenvalue weighted by Crippen LogP contribution is 2.27. The van der Waals surface area contributed by atoms with Crippen LogP contribution in [0.1, 0.15) is 48.5 Å². The van der Waals surface area contributed by atoms with E-state index in [1.165, 1.54) is 0 Å². The lowest BCUT2D eigenvalue weighted by Gasteiger charge is -2.29. The second kappa shape index (κ2) is 9.23. The maximum atomic E-state index is 12.2. The molecule has 0 radical (unpaired) electrons. The summed E-state index contributed by atoms with van der Waals surface area (Å²) in [6.45, 7) is 15.7.